The summed E-state index contributed by atoms with van der Waals surface area (Å²) in [6.45, 7) is 11.1. The summed E-state index contributed by atoms with van der Waals surface area (Å²) in [5.74, 6) is 0.399. The fourth-order valence-electron chi connectivity index (χ4n) is 3.51. The molecule has 1 amide bonds. The Balaban J connectivity index is 1.55. The van der Waals surface area contributed by atoms with Crippen molar-refractivity contribution < 1.29 is 19.0 Å². The molecule has 0 bridgehead atoms. The predicted molar refractivity (Wildman–Crippen MR) is 81.7 cm³/mol. The smallest absolute Gasteiger partial charge is 0.407 e. The molecule has 2 saturated heterocycles. The Hall–Kier alpha value is -0.850. The third-order valence-electron chi connectivity index (χ3n) is 4.73. The molecule has 6 nitrogen and oxygen atoms in total. The molecule has 3 rings (SSSR count). The molecule has 0 aromatic rings. The summed E-state index contributed by atoms with van der Waals surface area (Å²) in [4.78, 5) is 12.0. The summed E-state index contributed by atoms with van der Waals surface area (Å²) in [5.41, 5.74) is -0.265. The first kappa shape index (κ1) is 16.0. The van der Waals surface area contributed by atoms with Gasteiger partial charge in [0.2, 0.25) is 0 Å². The Morgan fingerprint density at radius 3 is 2.64 bits per heavy atom. The van der Waals surface area contributed by atoms with Gasteiger partial charge in [-0.25, -0.2) is 4.79 Å². The maximum absolute atomic E-state index is 12.0. The Bertz CT molecular complexity index is 430. The zero-order valence-electron chi connectivity index (χ0n) is 14.0. The Labute approximate surface area is 132 Å². The van der Waals surface area contributed by atoms with Gasteiger partial charge in [0.05, 0.1) is 31.4 Å². The first-order valence-electron chi connectivity index (χ1n) is 8.20. The average Bonchev–Trinajstić information content (AvgIpc) is 2.76. The van der Waals surface area contributed by atoms with Crippen LogP contribution in [0.15, 0.2) is 0 Å². The van der Waals surface area contributed by atoms with Crippen LogP contribution >= 0.6 is 0 Å². The van der Waals surface area contributed by atoms with Gasteiger partial charge in [-0.05, 0) is 27.2 Å². The highest BCUT2D eigenvalue weighted by Gasteiger charge is 2.55. The second-order valence-electron chi connectivity index (χ2n) is 8.17. The van der Waals surface area contributed by atoms with Crippen LogP contribution in [0, 0.1) is 11.3 Å². The highest BCUT2D eigenvalue weighted by molar-refractivity contribution is 5.68. The third-order valence-corrected chi connectivity index (χ3v) is 4.73. The van der Waals surface area contributed by atoms with Crippen molar-refractivity contribution in [2.24, 2.45) is 11.3 Å². The van der Waals surface area contributed by atoms with Gasteiger partial charge in [-0.2, -0.15) is 0 Å². The molecule has 2 N–H and O–H groups in total. The van der Waals surface area contributed by atoms with Gasteiger partial charge >= 0.3 is 6.09 Å². The summed E-state index contributed by atoms with van der Waals surface area (Å²) in [7, 11) is 0. The van der Waals surface area contributed by atoms with Crippen LogP contribution in [0.2, 0.25) is 0 Å². The quantitative estimate of drug-likeness (QED) is 0.819. The number of fused-ring (bicyclic) bond motifs is 1. The number of alkyl carbamates (subject to hydrolysis) is 1. The van der Waals surface area contributed by atoms with Crippen molar-refractivity contribution in [3.63, 3.8) is 0 Å². The Kier molecular flexibility index (Phi) is 4.12. The minimum absolute atomic E-state index is 0.0898. The fraction of sp³-hybridized carbons (Fsp3) is 0.938. The maximum Gasteiger partial charge on any atom is 0.407 e. The van der Waals surface area contributed by atoms with Gasteiger partial charge in [0.25, 0.3) is 0 Å². The van der Waals surface area contributed by atoms with E-state index in [2.05, 4.69) is 17.6 Å². The van der Waals surface area contributed by atoms with Gasteiger partial charge in [-0.15, -0.1) is 0 Å². The normalized spacial score (nSPS) is 36.0. The number of carbonyl (C=O) groups is 1. The van der Waals surface area contributed by atoms with E-state index in [4.69, 9.17) is 14.2 Å². The molecule has 1 saturated carbocycles. The van der Waals surface area contributed by atoms with Crippen molar-refractivity contribution in [1.82, 2.24) is 10.6 Å². The van der Waals surface area contributed by atoms with Crippen LogP contribution in [0.25, 0.3) is 0 Å². The van der Waals surface area contributed by atoms with E-state index in [0.717, 1.165) is 32.8 Å². The lowest BCUT2D eigenvalue weighted by molar-refractivity contribution is -0.108. The molecule has 6 heteroatoms. The van der Waals surface area contributed by atoms with Crippen molar-refractivity contribution >= 4 is 6.09 Å². The van der Waals surface area contributed by atoms with E-state index in [0.29, 0.717) is 5.92 Å². The van der Waals surface area contributed by atoms with Crippen LogP contribution in [-0.2, 0) is 14.2 Å². The van der Waals surface area contributed by atoms with E-state index in [-0.39, 0.29) is 29.7 Å². The topological polar surface area (TPSA) is 68.8 Å². The number of hydrogen-bond acceptors (Lipinski definition) is 5. The van der Waals surface area contributed by atoms with Gasteiger partial charge in [0.15, 0.2) is 0 Å². The Morgan fingerprint density at radius 2 is 2.05 bits per heavy atom. The molecule has 2 aliphatic heterocycles. The van der Waals surface area contributed by atoms with Crippen LogP contribution < -0.4 is 10.6 Å². The zero-order chi connectivity index (χ0) is 16.0. The molecule has 0 radical (unpaired) electrons. The molecule has 0 aromatic carbocycles. The van der Waals surface area contributed by atoms with Crippen molar-refractivity contribution in [3.8, 4) is 0 Å². The molecule has 126 valence electrons. The molecule has 4 atom stereocenters. The van der Waals surface area contributed by atoms with Gasteiger partial charge < -0.3 is 24.8 Å². The predicted octanol–water partition coefficient (Wildman–Crippen LogP) is 1.29. The lowest BCUT2D eigenvalue weighted by Gasteiger charge is -2.50. The molecule has 2 heterocycles. The summed E-state index contributed by atoms with van der Waals surface area (Å²) in [6, 6.07) is 0.254. The minimum atomic E-state index is -0.473. The van der Waals surface area contributed by atoms with Crippen molar-refractivity contribution in [3.05, 3.63) is 0 Å². The van der Waals surface area contributed by atoms with Gasteiger partial charge in [0.1, 0.15) is 5.60 Å². The van der Waals surface area contributed by atoms with Gasteiger partial charge in [-0.1, -0.05) is 6.92 Å². The highest BCUT2D eigenvalue weighted by atomic mass is 16.6. The van der Waals surface area contributed by atoms with Crippen molar-refractivity contribution in [1.29, 1.82) is 0 Å². The molecule has 3 aliphatic rings. The number of nitrogens with one attached hydrogen (secondary N) is 2. The van der Waals surface area contributed by atoms with E-state index < -0.39 is 5.60 Å². The van der Waals surface area contributed by atoms with Crippen LogP contribution in [0.3, 0.4) is 0 Å². The molecule has 0 spiro atoms. The number of hydrogen-bond donors (Lipinski definition) is 2. The average molecular weight is 312 g/mol. The summed E-state index contributed by atoms with van der Waals surface area (Å²) in [5, 5.41) is 6.61. The van der Waals surface area contributed by atoms with Crippen LogP contribution in [0.4, 0.5) is 4.79 Å². The summed E-state index contributed by atoms with van der Waals surface area (Å²) < 4.78 is 16.5. The van der Waals surface area contributed by atoms with E-state index >= 15 is 0 Å². The molecule has 3 fully saturated rings. The van der Waals surface area contributed by atoms with Crippen molar-refractivity contribution in [2.75, 3.05) is 26.4 Å². The molecular weight excluding hydrogens is 284 g/mol. The number of ether oxygens (including phenoxy) is 3. The summed E-state index contributed by atoms with van der Waals surface area (Å²) >= 11 is 0. The number of amides is 1. The van der Waals surface area contributed by atoms with Gasteiger partial charge in [-0.3, -0.25) is 0 Å². The molecule has 22 heavy (non-hydrogen) atoms. The molecule has 1 aliphatic carbocycles. The summed E-state index contributed by atoms with van der Waals surface area (Å²) in [6.07, 6.45) is 0.876. The highest BCUT2D eigenvalue weighted by Crippen LogP contribution is 2.40. The van der Waals surface area contributed by atoms with E-state index in [1.165, 1.54) is 0 Å². The first-order chi connectivity index (χ1) is 10.3. The zero-order valence-corrected chi connectivity index (χ0v) is 14.0. The van der Waals surface area contributed by atoms with Crippen molar-refractivity contribution in [2.45, 2.75) is 57.9 Å². The maximum atomic E-state index is 12.0. The molecule has 0 aromatic heterocycles. The van der Waals surface area contributed by atoms with Crippen LogP contribution in [0.1, 0.15) is 34.1 Å². The third kappa shape index (κ3) is 3.24. The number of carbonyl (C=O) groups excluding carboxylic acids is 1. The second kappa shape index (κ2) is 5.65. The molecular formula is C16H28N2O4. The van der Waals surface area contributed by atoms with E-state index in [9.17, 15) is 4.79 Å². The minimum Gasteiger partial charge on any atom is -0.444 e. The molecule has 4 unspecified atom stereocenters. The van der Waals surface area contributed by atoms with Crippen LogP contribution in [0.5, 0.6) is 0 Å². The SMILES string of the molecule is CC1(CNC2C(NC(=O)OC(C)(C)C)C3CCOC32)COC1. The monoisotopic (exact) mass is 312 g/mol. The fourth-order valence-corrected chi connectivity index (χ4v) is 3.51. The lowest BCUT2D eigenvalue weighted by atomic mass is 9.71. The lowest BCUT2D eigenvalue weighted by Crippen LogP contribution is -2.71. The van der Waals surface area contributed by atoms with Gasteiger partial charge in [0, 0.05) is 24.5 Å². The second-order valence-corrected chi connectivity index (χ2v) is 8.17. The van der Waals surface area contributed by atoms with E-state index in [1.807, 2.05) is 20.8 Å². The largest absolute Gasteiger partial charge is 0.444 e. The standard InChI is InChI=1S/C16H28N2O4/c1-15(2,3)22-14(19)18-11-10-5-6-21-13(10)12(11)17-7-16(4)8-20-9-16/h10-13,17H,5-9H2,1-4H3,(H,18,19). The number of rotatable bonds is 4. The van der Waals surface area contributed by atoms with Crippen LogP contribution in [-0.4, -0.2) is 56.2 Å². The van der Waals surface area contributed by atoms with E-state index in [1.54, 1.807) is 0 Å². The first-order valence-corrected chi connectivity index (χ1v) is 8.20. The Morgan fingerprint density at radius 1 is 1.32 bits per heavy atom.